The van der Waals surface area contributed by atoms with Crippen molar-refractivity contribution >= 4 is 11.4 Å². The molecule has 3 rings (SSSR count). The van der Waals surface area contributed by atoms with Gasteiger partial charge in [-0.2, -0.15) is 5.10 Å². The third-order valence-corrected chi connectivity index (χ3v) is 4.32. The number of para-hydroxylation sites is 1. The van der Waals surface area contributed by atoms with Crippen LogP contribution in [0.2, 0.25) is 0 Å². The first-order valence-corrected chi connectivity index (χ1v) is 7.53. The molecule has 2 heterocycles. The highest BCUT2D eigenvalue weighted by Gasteiger charge is 2.37. The number of aromatic nitrogens is 2. The first kappa shape index (κ1) is 15.5. The van der Waals surface area contributed by atoms with E-state index in [4.69, 9.17) is 4.74 Å². The number of anilines is 1. The van der Waals surface area contributed by atoms with E-state index in [1.807, 2.05) is 38.1 Å². The van der Waals surface area contributed by atoms with Crippen LogP contribution >= 0.6 is 0 Å². The van der Waals surface area contributed by atoms with Gasteiger partial charge >= 0.3 is 0 Å². The van der Waals surface area contributed by atoms with Gasteiger partial charge in [0.25, 0.3) is 5.69 Å². The van der Waals surface area contributed by atoms with Gasteiger partial charge in [0.1, 0.15) is 11.3 Å². The number of hydrogen-bond donors (Lipinski definition) is 0. The molecule has 0 radical (unpaired) electrons. The Morgan fingerprint density at radius 3 is 2.87 bits per heavy atom. The second kappa shape index (κ2) is 5.66. The average Bonchev–Trinajstić information content (AvgIpc) is 2.94. The van der Waals surface area contributed by atoms with Gasteiger partial charge in [0, 0.05) is 31.4 Å². The molecule has 23 heavy (non-hydrogen) atoms. The summed E-state index contributed by atoms with van der Waals surface area (Å²) >= 11 is 0. The Morgan fingerprint density at radius 2 is 2.22 bits per heavy atom. The molecule has 0 aliphatic carbocycles. The fourth-order valence-corrected chi connectivity index (χ4v) is 3.13. The number of benzene rings is 1. The summed E-state index contributed by atoms with van der Waals surface area (Å²) < 4.78 is 7.73. The Kier molecular flexibility index (Phi) is 3.81. The molecule has 1 aromatic carbocycles. The Labute approximate surface area is 134 Å². The largest absolute Gasteiger partial charge is 0.367 e. The fraction of sp³-hybridized carbons (Fsp3) is 0.438. The number of nitro benzene ring substituents is 1. The molecule has 0 bridgehead atoms. The molecular formula is C16H20N4O3. The molecule has 1 fully saturated rings. The van der Waals surface area contributed by atoms with Crippen molar-refractivity contribution in [1.82, 2.24) is 9.78 Å². The lowest BCUT2D eigenvalue weighted by Crippen LogP contribution is -2.48. The molecule has 1 unspecified atom stereocenters. The highest BCUT2D eigenvalue weighted by molar-refractivity contribution is 5.68. The lowest BCUT2D eigenvalue weighted by Gasteiger charge is -2.41. The van der Waals surface area contributed by atoms with Crippen molar-refractivity contribution < 1.29 is 9.66 Å². The minimum absolute atomic E-state index is 0.139. The van der Waals surface area contributed by atoms with E-state index < -0.39 is 5.60 Å². The Morgan fingerprint density at radius 1 is 1.43 bits per heavy atom. The standard InChI is InChI=1S/C16H20N4O3/c1-12-5-4-6-14(20(21)22)15(12)19-7-8-23-16(2,11-19)13-9-17-18(3)10-13/h4-6,9-10H,7-8,11H2,1-3H3. The molecule has 7 nitrogen and oxygen atoms in total. The molecule has 1 aliphatic rings. The molecule has 0 saturated carbocycles. The zero-order valence-electron chi connectivity index (χ0n) is 13.5. The predicted octanol–water partition coefficient (Wildman–Crippen LogP) is 2.39. The van der Waals surface area contributed by atoms with Crippen LogP contribution in [0.5, 0.6) is 0 Å². The number of morpholine rings is 1. The van der Waals surface area contributed by atoms with Crippen molar-refractivity contribution in [2.75, 3.05) is 24.6 Å². The van der Waals surface area contributed by atoms with Crippen LogP contribution in [0.25, 0.3) is 0 Å². The Hall–Kier alpha value is -2.41. The van der Waals surface area contributed by atoms with Crippen molar-refractivity contribution in [3.8, 4) is 0 Å². The molecule has 1 atom stereocenters. The van der Waals surface area contributed by atoms with Crippen LogP contribution in [0.15, 0.2) is 30.6 Å². The summed E-state index contributed by atoms with van der Waals surface area (Å²) in [6, 6.07) is 5.18. The number of nitro groups is 1. The van der Waals surface area contributed by atoms with Crippen LogP contribution in [0.1, 0.15) is 18.1 Å². The van der Waals surface area contributed by atoms with E-state index in [-0.39, 0.29) is 10.6 Å². The first-order valence-electron chi connectivity index (χ1n) is 7.53. The number of hydrogen-bond acceptors (Lipinski definition) is 5. The maximum absolute atomic E-state index is 11.4. The monoisotopic (exact) mass is 316 g/mol. The highest BCUT2D eigenvalue weighted by atomic mass is 16.6. The molecule has 2 aromatic rings. The van der Waals surface area contributed by atoms with Crippen molar-refractivity contribution in [2.24, 2.45) is 7.05 Å². The first-order chi connectivity index (χ1) is 10.9. The van der Waals surface area contributed by atoms with Gasteiger partial charge in [0.05, 0.1) is 24.3 Å². The summed E-state index contributed by atoms with van der Waals surface area (Å²) in [5, 5.41) is 15.6. The highest BCUT2D eigenvalue weighted by Crippen LogP contribution is 2.37. The maximum atomic E-state index is 11.4. The summed E-state index contributed by atoms with van der Waals surface area (Å²) in [6.45, 7) is 5.59. The number of ether oxygens (including phenoxy) is 1. The zero-order valence-corrected chi connectivity index (χ0v) is 13.5. The smallest absolute Gasteiger partial charge is 0.292 e. The SMILES string of the molecule is Cc1cccc([N+](=O)[O-])c1N1CCOC(C)(c2cnn(C)c2)C1. The van der Waals surface area contributed by atoms with Crippen LogP contribution in [0, 0.1) is 17.0 Å². The molecular weight excluding hydrogens is 296 g/mol. The van der Waals surface area contributed by atoms with Crippen molar-refractivity contribution in [3.63, 3.8) is 0 Å². The van der Waals surface area contributed by atoms with Gasteiger partial charge in [0.2, 0.25) is 0 Å². The van der Waals surface area contributed by atoms with Gasteiger partial charge < -0.3 is 9.64 Å². The van der Waals surface area contributed by atoms with E-state index in [9.17, 15) is 10.1 Å². The van der Waals surface area contributed by atoms with Gasteiger partial charge in [-0.15, -0.1) is 0 Å². The number of rotatable bonds is 3. The lowest BCUT2D eigenvalue weighted by atomic mass is 9.96. The van der Waals surface area contributed by atoms with E-state index in [2.05, 4.69) is 5.10 Å². The molecule has 0 N–H and O–H groups in total. The van der Waals surface area contributed by atoms with Gasteiger partial charge in [-0.25, -0.2) is 0 Å². The number of nitrogens with zero attached hydrogens (tertiary/aromatic N) is 4. The average molecular weight is 316 g/mol. The van der Waals surface area contributed by atoms with Crippen LogP contribution in [-0.4, -0.2) is 34.4 Å². The molecule has 1 saturated heterocycles. The Bertz CT molecular complexity index is 743. The molecule has 122 valence electrons. The maximum Gasteiger partial charge on any atom is 0.292 e. The van der Waals surface area contributed by atoms with Crippen LogP contribution < -0.4 is 4.90 Å². The van der Waals surface area contributed by atoms with Crippen molar-refractivity contribution in [3.05, 3.63) is 51.8 Å². The summed E-state index contributed by atoms with van der Waals surface area (Å²) in [6.07, 6.45) is 3.71. The van der Waals surface area contributed by atoms with E-state index in [0.717, 1.165) is 11.1 Å². The number of aryl methyl sites for hydroxylation is 2. The molecule has 0 spiro atoms. The summed E-state index contributed by atoms with van der Waals surface area (Å²) in [5.41, 5.74) is 2.15. The summed E-state index contributed by atoms with van der Waals surface area (Å²) in [4.78, 5) is 13.1. The predicted molar refractivity (Wildman–Crippen MR) is 86.6 cm³/mol. The van der Waals surface area contributed by atoms with Gasteiger partial charge in [-0.1, -0.05) is 12.1 Å². The lowest BCUT2D eigenvalue weighted by molar-refractivity contribution is -0.384. The van der Waals surface area contributed by atoms with Crippen molar-refractivity contribution in [2.45, 2.75) is 19.4 Å². The quantitative estimate of drug-likeness (QED) is 0.642. The molecule has 1 aliphatic heterocycles. The normalized spacial score (nSPS) is 21.4. The van der Waals surface area contributed by atoms with E-state index in [1.165, 1.54) is 0 Å². The Balaban J connectivity index is 1.98. The van der Waals surface area contributed by atoms with Gasteiger partial charge in [-0.3, -0.25) is 14.8 Å². The van der Waals surface area contributed by atoms with Crippen molar-refractivity contribution in [1.29, 1.82) is 0 Å². The van der Waals surface area contributed by atoms with Gasteiger partial charge in [0.15, 0.2) is 0 Å². The second-order valence-corrected chi connectivity index (χ2v) is 6.10. The molecule has 7 heteroatoms. The van der Waals surface area contributed by atoms with E-state index in [1.54, 1.807) is 23.0 Å². The molecule has 1 aromatic heterocycles. The zero-order chi connectivity index (χ0) is 16.6. The van der Waals surface area contributed by atoms with Crippen LogP contribution in [0.4, 0.5) is 11.4 Å². The minimum atomic E-state index is -0.539. The second-order valence-electron chi connectivity index (χ2n) is 6.10. The van der Waals surface area contributed by atoms with Crippen LogP contribution in [-0.2, 0) is 17.4 Å². The minimum Gasteiger partial charge on any atom is -0.367 e. The third kappa shape index (κ3) is 2.79. The van der Waals surface area contributed by atoms with E-state index in [0.29, 0.717) is 25.4 Å². The fourth-order valence-electron chi connectivity index (χ4n) is 3.13. The van der Waals surface area contributed by atoms with E-state index >= 15 is 0 Å². The summed E-state index contributed by atoms with van der Waals surface area (Å²) in [5.74, 6) is 0. The topological polar surface area (TPSA) is 73.4 Å². The summed E-state index contributed by atoms with van der Waals surface area (Å²) in [7, 11) is 1.86. The molecule has 0 amide bonds. The van der Waals surface area contributed by atoms with Gasteiger partial charge in [-0.05, 0) is 19.4 Å². The van der Waals surface area contributed by atoms with Crippen LogP contribution in [0.3, 0.4) is 0 Å². The third-order valence-electron chi connectivity index (χ3n) is 4.32.